The highest BCUT2D eigenvalue weighted by Crippen LogP contribution is 2.29. The van der Waals surface area contributed by atoms with E-state index in [0.717, 1.165) is 16.7 Å². The molecule has 1 N–H and O–H groups in total. The fourth-order valence-corrected chi connectivity index (χ4v) is 2.75. The highest BCUT2D eigenvalue weighted by molar-refractivity contribution is 7.80. The molecule has 0 heterocycles. The average Bonchev–Trinajstić information content (AvgIpc) is 2.72. The van der Waals surface area contributed by atoms with Gasteiger partial charge in [0, 0.05) is 12.1 Å². The number of benzene rings is 3. The quantitative estimate of drug-likeness (QED) is 0.591. The summed E-state index contributed by atoms with van der Waals surface area (Å²) in [5, 5.41) is 3.25. The fraction of sp³-hybridized carbons (Fsp3) is 0.136. The molecular formula is C22H20FNO2S. The van der Waals surface area contributed by atoms with E-state index in [0.29, 0.717) is 29.6 Å². The van der Waals surface area contributed by atoms with Crippen LogP contribution in [-0.2, 0) is 13.2 Å². The molecule has 0 aliphatic rings. The Morgan fingerprint density at radius 3 is 2.37 bits per heavy atom. The Balaban J connectivity index is 1.64. The minimum absolute atomic E-state index is 0.266. The first-order valence-electron chi connectivity index (χ1n) is 8.53. The topological polar surface area (TPSA) is 30.5 Å². The first-order valence-corrected chi connectivity index (χ1v) is 8.94. The minimum atomic E-state index is -0.266. The monoisotopic (exact) mass is 381 g/mol. The van der Waals surface area contributed by atoms with Crippen molar-refractivity contribution in [3.8, 4) is 11.5 Å². The van der Waals surface area contributed by atoms with Crippen LogP contribution in [0.2, 0.25) is 0 Å². The Kier molecular flexibility index (Phi) is 6.39. The van der Waals surface area contributed by atoms with Crippen LogP contribution in [0.25, 0.3) is 0 Å². The molecule has 3 aromatic rings. The fourth-order valence-electron chi connectivity index (χ4n) is 2.55. The van der Waals surface area contributed by atoms with Crippen LogP contribution in [0.1, 0.15) is 16.7 Å². The molecule has 0 saturated heterocycles. The molecule has 27 heavy (non-hydrogen) atoms. The van der Waals surface area contributed by atoms with Gasteiger partial charge in [-0.2, -0.15) is 0 Å². The zero-order chi connectivity index (χ0) is 19.1. The van der Waals surface area contributed by atoms with Crippen LogP contribution in [0, 0.1) is 5.82 Å². The predicted octanol–water partition coefficient (Wildman–Crippen LogP) is 4.88. The van der Waals surface area contributed by atoms with E-state index in [4.69, 9.17) is 21.7 Å². The third-order valence-electron chi connectivity index (χ3n) is 4.03. The predicted molar refractivity (Wildman–Crippen MR) is 109 cm³/mol. The Morgan fingerprint density at radius 2 is 1.67 bits per heavy atom. The van der Waals surface area contributed by atoms with Crippen LogP contribution >= 0.6 is 12.2 Å². The SMILES string of the molecule is COc1cc(C(=S)NCc2ccccc2)ccc1OCc1ccc(F)cc1. The summed E-state index contributed by atoms with van der Waals surface area (Å²) in [5.74, 6) is 0.937. The summed E-state index contributed by atoms with van der Waals surface area (Å²) in [5.41, 5.74) is 2.89. The maximum Gasteiger partial charge on any atom is 0.161 e. The van der Waals surface area contributed by atoms with Crippen molar-refractivity contribution in [3.05, 3.63) is 95.3 Å². The van der Waals surface area contributed by atoms with Crippen molar-refractivity contribution in [1.29, 1.82) is 0 Å². The normalized spacial score (nSPS) is 10.3. The number of hydrogen-bond donors (Lipinski definition) is 1. The highest BCUT2D eigenvalue weighted by atomic mass is 32.1. The molecule has 0 radical (unpaired) electrons. The number of methoxy groups -OCH3 is 1. The molecule has 0 atom stereocenters. The van der Waals surface area contributed by atoms with Crippen LogP contribution in [0.15, 0.2) is 72.8 Å². The lowest BCUT2D eigenvalue weighted by atomic mass is 10.1. The molecule has 0 fully saturated rings. The van der Waals surface area contributed by atoms with Gasteiger partial charge in [-0.1, -0.05) is 54.7 Å². The molecule has 0 spiro atoms. The second-order valence-electron chi connectivity index (χ2n) is 5.95. The zero-order valence-corrected chi connectivity index (χ0v) is 15.8. The van der Waals surface area contributed by atoms with Gasteiger partial charge >= 0.3 is 0 Å². The summed E-state index contributed by atoms with van der Waals surface area (Å²) in [7, 11) is 1.59. The average molecular weight is 381 g/mol. The van der Waals surface area contributed by atoms with Gasteiger partial charge in [0.25, 0.3) is 0 Å². The Morgan fingerprint density at radius 1 is 0.926 bits per heavy atom. The van der Waals surface area contributed by atoms with Gasteiger partial charge in [-0.25, -0.2) is 4.39 Å². The van der Waals surface area contributed by atoms with Gasteiger partial charge in [0.15, 0.2) is 11.5 Å². The Bertz CT molecular complexity index is 898. The molecule has 0 aliphatic carbocycles. The van der Waals surface area contributed by atoms with Gasteiger partial charge in [0.05, 0.1) is 7.11 Å². The standard InChI is InChI=1S/C22H20FNO2S/c1-25-21-13-18(22(27)24-14-16-5-3-2-4-6-16)9-12-20(21)26-15-17-7-10-19(23)11-8-17/h2-13H,14-15H2,1H3,(H,24,27). The van der Waals surface area contributed by atoms with Crippen molar-refractivity contribution in [2.24, 2.45) is 0 Å². The summed E-state index contributed by atoms with van der Waals surface area (Å²) < 4.78 is 24.2. The lowest BCUT2D eigenvalue weighted by molar-refractivity contribution is 0.284. The van der Waals surface area contributed by atoms with Crippen molar-refractivity contribution >= 4 is 17.2 Å². The lowest BCUT2D eigenvalue weighted by Gasteiger charge is -2.14. The number of halogens is 1. The Hall–Kier alpha value is -2.92. The molecule has 3 rings (SSSR count). The van der Waals surface area contributed by atoms with Gasteiger partial charge in [-0.15, -0.1) is 0 Å². The van der Waals surface area contributed by atoms with Gasteiger partial charge < -0.3 is 14.8 Å². The zero-order valence-electron chi connectivity index (χ0n) is 14.9. The van der Waals surface area contributed by atoms with Crippen LogP contribution < -0.4 is 14.8 Å². The van der Waals surface area contributed by atoms with Crippen LogP contribution in [0.4, 0.5) is 4.39 Å². The molecular weight excluding hydrogens is 361 g/mol. The van der Waals surface area contributed by atoms with Crippen molar-refractivity contribution in [2.45, 2.75) is 13.2 Å². The molecule has 0 amide bonds. The largest absolute Gasteiger partial charge is 0.493 e. The molecule has 0 saturated carbocycles. The summed E-state index contributed by atoms with van der Waals surface area (Å²) >= 11 is 5.48. The van der Waals surface area contributed by atoms with Crippen molar-refractivity contribution < 1.29 is 13.9 Å². The second kappa shape index (κ2) is 9.14. The smallest absolute Gasteiger partial charge is 0.161 e. The summed E-state index contributed by atoms with van der Waals surface area (Å²) in [6, 6.07) is 21.8. The number of nitrogens with one attached hydrogen (secondary N) is 1. The third kappa shape index (κ3) is 5.28. The second-order valence-corrected chi connectivity index (χ2v) is 6.36. The highest BCUT2D eigenvalue weighted by Gasteiger charge is 2.09. The first kappa shape index (κ1) is 18.9. The molecule has 0 aliphatic heterocycles. The van der Waals surface area contributed by atoms with Crippen molar-refractivity contribution in [1.82, 2.24) is 5.32 Å². The summed E-state index contributed by atoms with van der Waals surface area (Å²) in [6.07, 6.45) is 0. The van der Waals surface area contributed by atoms with Crippen LogP contribution in [0.5, 0.6) is 11.5 Å². The van der Waals surface area contributed by atoms with E-state index in [1.165, 1.54) is 12.1 Å². The molecule has 138 valence electrons. The maximum atomic E-state index is 13.0. The Labute approximate surface area is 163 Å². The van der Waals surface area contributed by atoms with Crippen LogP contribution in [0.3, 0.4) is 0 Å². The molecule has 3 nitrogen and oxygen atoms in total. The van der Waals surface area contributed by atoms with E-state index in [9.17, 15) is 4.39 Å². The lowest BCUT2D eigenvalue weighted by Crippen LogP contribution is -2.21. The van der Waals surface area contributed by atoms with E-state index in [2.05, 4.69) is 5.32 Å². The van der Waals surface area contributed by atoms with E-state index < -0.39 is 0 Å². The van der Waals surface area contributed by atoms with Gasteiger partial charge in [-0.3, -0.25) is 0 Å². The maximum absolute atomic E-state index is 13.0. The summed E-state index contributed by atoms with van der Waals surface area (Å²) in [4.78, 5) is 0.641. The molecule has 0 bridgehead atoms. The molecule has 0 unspecified atom stereocenters. The molecule has 3 aromatic carbocycles. The van der Waals surface area contributed by atoms with E-state index >= 15 is 0 Å². The number of ether oxygens (including phenoxy) is 2. The number of thiocarbonyl (C=S) groups is 1. The van der Waals surface area contributed by atoms with Crippen molar-refractivity contribution in [3.63, 3.8) is 0 Å². The third-order valence-corrected chi connectivity index (χ3v) is 4.41. The van der Waals surface area contributed by atoms with Gasteiger partial charge in [0.2, 0.25) is 0 Å². The minimum Gasteiger partial charge on any atom is -0.493 e. The summed E-state index contributed by atoms with van der Waals surface area (Å²) in [6.45, 7) is 0.984. The molecule has 0 aromatic heterocycles. The number of rotatable bonds is 7. The van der Waals surface area contributed by atoms with Crippen LogP contribution in [-0.4, -0.2) is 12.1 Å². The van der Waals surface area contributed by atoms with Crippen molar-refractivity contribution in [2.75, 3.05) is 7.11 Å². The van der Waals surface area contributed by atoms with E-state index in [1.54, 1.807) is 19.2 Å². The number of hydrogen-bond acceptors (Lipinski definition) is 3. The van der Waals surface area contributed by atoms with E-state index in [1.807, 2.05) is 48.5 Å². The molecule has 5 heteroatoms. The first-order chi connectivity index (χ1) is 13.2. The van der Waals surface area contributed by atoms with E-state index in [-0.39, 0.29) is 5.82 Å². The van der Waals surface area contributed by atoms with Gasteiger partial charge in [0.1, 0.15) is 17.4 Å². The van der Waals surface area contributed by atoms with Gasteiger partial charge in [-0.05, 0) is 41.5 Å².